The van der Waals surface area contributed by atoms with Gasteiger partial charge in [0.15, 0.2) is 0 Å². The molecule has 3 nitrogen and oxygen atoms in total. The number of ether oxygens (including phenoxy) is 1. The van der Waals surface area contributed by atoms with Crippen molar-refractivity contribution >= 4 is 40.3 Å². The van der Waals surface area contributed by atoms with Crippen LogP contribution in [-0.4, -0.2) is 28.3 Å². The van der Waals surface area contributed by atoms with E-state index in [0.29, 0.717) is 22.4 Å². The molecule has 1 aromatic carbocycles. The fourth-order valence-electron chi connectivity index (χ4n) is 1.80. The van der Waals surface area contributed by atoms with Crippen LogP contribution < -0.4 is 4.74 Å². The number of rotatable bonds is 4. The quantitative estimate of drug-likeness (QED) is 0.629. The van der Waals surface area contributed by atoms with Crippen LogP contribution >= 0.6 is 24.0 Å². The molecule has 0 aromatic heterocycles. The van der Waals surface area contributed by atoms with Crippen molar-refractivity contribution in [1.82, 2.24) is 4.90 Å². The van der Waals surface area contributed by atoms with Gasteiger partial charge in [-0.1, -0.05) is 42.2 Å². The number of likely N-dealkylation sites (N-methyl/N-ethyl adjacent to an activating group) is 1. The number of carbonyl (C=O) groups excluding carboxylic acids is 1. The summed E-state index contributed by atoms with van der Waals surface area (Å²) in [6, 6.07) is 7.67. The highest BCUT2D eigenvalue weighted by Gasteiger charge is 2.30. The molecule has 0 spiro atoms. The van der Waals surface area contributed by atoms with Gasteiger partial charge in [-0.15, -0.1) is 0 Å². The van der Waals surface area contributed by atoms with Gasteiger partial charge in [-0.3, -0.25) is 9.69 Å². The van der Waals surface area contributed by atoms with Crippen LogP contribution in [0.1, 0.15) is 19.4 Å². The molecule has 5 heteroatoms. The minimum absolute atomic E-state index is 0.0243. The molecule has 0 N–H and O–H groups in total. The Bertz CT molecular complexity index is 540. The van der Waals surface area contributed by atoms with Gasteiger partial charge in [-0.25, -0.2) is 0 Å². The largest absolute Gasteiger partial charge is 0.493 e. The van der Waals surface area contributed by atoms with Crippen molar-refractivity contribution in [2.75, 3.05) is 13.2 Å². The topological polar surface area (TPSA) is 29.5 Å². The zero-order valence-electron chi connectivity index (χ0n) is 10.9. The summed E-state index contributed by atoms with van der Waals surface area (Å²) < 4.78 is 6.17. The molecule has 0 aliphatic carbocycles. The van der Waals surface area contributed by atoms with Crippen LogP contribution in [-0.2, 0) is 4.79 Å². The van der Waals surface area contributed by atoms with Crippen LogP contribution in [0.4, 0.5) is 0 Å². The first-order valence-electron chi connectivity index (χ1n) is 6.14. The summed E-state index contributed by atoms with van der Waals surface area (Å²) in [5.74, 6) is 0.760. The number of hydrogen-bond donors (Lipinski definition) is 0. The van der Waals surface area contributed by atoms with Crippen LogP contribution in [0.3, 0.4) is 0 Å². The van der Waals surface area contributed by atoms with E-state index in [1.54, 1.807) is 4.90 Å². The molecule has 100 valence electrons. The highest BCUT2D eigenvalue weighted by Crippen LogP contribution is 2.33. The average Bonchev–Trinajstić information content (AvgIpc) is 2.67. The van der Waals surface area contributed by atoms with E-state index in [0.717, 1.165) is 11.3 Å². The van der Waals surface area contributed by atoms with Crippen molar-refractivity contribution in [1.29, 1.82) is 0 Å². The summed E-state index contributed by atoms with van der Waals surface area (Å²) in [6.45, 7) is 5.06. The molecule has 1 aliphatic rings. The van der Waals surface area contributed by atoms with E-state index in [-0.39, 0.29) is 5.91 Å². The predicted molar refractivity (Wildman–Crippen MR) is 83.2 cm³/mol. The van der Waals surface area contributed by atoms with E-state index in [9.17, 15) is 4.79 Å². The Hall–Kier alpha value is -1.33. The molecule has 1 amide bonds. The maximum Gasteiger partial charge on any atom is 0.266 e. The molecular weight excluding hydrogens is 278 g/mol. The Morgan fingerprint density at radius 1 is 1.37 bits per heavy atom. The van der Waals surface area contributed by atoms with E-state index in [2.05, 4.69) is 0 Å². The maximum atomic E-state index is 12.1. The molecule has 1 heterocycles. The van der Waals surface area contributed by atoms with Gasteiger partial charge >= 0.3 is 0 Å². The van der Waals surface area contributed by atoms with E-state index < -0.39 is 0 Å². The number of thioether (sulfide) groups is 1. The second kappa shape index (κ2) is 6.21. The highest BCUT2D eigenvalue weighted by atomic mass is 32.2. The maximum absolute atomic E-state index is 12.1. The summed E-state index contributed by atoms with van der Waals surface area (Å²) in [5.41, 5.74) is 0.904. The van der Waals surface area contributed by atoms with Crippen molar-refractivity contribution in [3.63, 3.8) is 0 Å². The summed E-state index contributed by atoms with van der Waals surface area (Å²) in [6.07, 6.45) is 1.85. The summed E-state index contributed by atoms with van der Waals surface area (Å²) in [5, 5.41) is 0. The van der Waals surface area contributed by atoms with E-state index >= 15 is 0 Å². The molecule has 19 heavy (non-hydrogen) atoms. The Morgan fingerprint density at radius 3 is 2.74 bits per heavy atom. The first kappa shape index (κ1) is 14.1. The van der Waals surface area contributed by atoms with Crippen LogP contribution in [0, 0.1) is 0 Å². The van der Waals surface area contributed by atoms with Gasteiger partial charge in [0.1, 0.15) is 10.1 Å². The van der Waals surface area contributed by atoms with Crippen molar-refractivity contribution in [2.45, 2.75) is 13.8 Å². The number of nitrogens with zero attached hydrogens (tertiary/aromatic N) is 1. The van der Waals surface area contributed by atoms with E-state index in [1.165, 1.54) is 11.8 Å². The number of hydrogen-bond acceptors (Lipinski definition) is 4. The molecule has 1 aromatic rings. The zero-order valence-corrected chi connectivity index (χ0v) is 12.5. The minimum Gasteiger partial charge on any atom is -0.493 e. The van der Waals surface area contributed by atoms with Gasteiger partial charge in [0.05, 0.1) is 11.5 Å². The molecule has 0 radical (unpaired) electrons. The molecule has 1 aliphatic heterocycles. The molecule has 0 atom stereocenters. The fourth-order valence-corrected chi connectivity index (χ4v) is 3.18. The lowest BCUT2D eigenvalue weighted by Gasteiger charge is -2.10. The first-order chi connectivity index (χ1) is 9.17. The third-order valence-electron chi connectivity index (χ3n) is 2.70. The van der Waals surface area contributed by atoms with Gasteiger partial charge in [-0.2, -0.15) is 0 Å². The van der Waals surface area contributed by atoms with Gasteiger partial charge in [-0.05, 0) is 26.0 Å². The summed E-state index contributed by atoms with van der Waals surface area (Å²) in [7, 11) is 0. The number of amides is 1. The van der Waals surface area contributed by atoms with Crippen molar-refractivity contribution in [2.24, 2.45) is 0 Å². The van der Waals surface area contributed by atoms with E-state index in [1.807, 2.05) is 44.2 Å². The fraction of sp³-hybridized carbons (Fsp3) is 0.286. The number of para-hydroxylation sites is 1. The van der Waals surface area contributed by atoms with Crippen LogP contribution in [0.25, 0.3) is 6.08 Å². The smallest absolute Gasteiger partial charge is 0.266 e. The Balaban J connectivity index is 2.32. The molecule has 0 bridgehead atoms. The monoisotopic (exact) mass is 293 g/mol. The van der Waals surface area contributed by atoms with Crippen LogP contribution in [0.15, 0.2) is 29.2 Å². The molecular formula is C14H15NO2S2. The Morgan fingerprint density at radius 2 is 2.11 bits per heavy atom. The number of benzene rings is 1. The van der Waals surface area contributed by atoms with E-state index in [4.69, 9.17) is 17.0 Å². The van der Waals surface area contributed by atoms with Crippen LogP contribution in [0.2, 0.25) is 0 Å². The second-order valence-corrected chi connectivity index (χ2v) is 5.57. The van der Waals surface area contributed by atoms with Crippen molar-refractivity contribution in [3.05, 3.63) is 34.7 Å². The Kier molecular flexibility index (Phi) is 4.61. The standard InChI is InChI=1S/C14H15NO2S2/c1-3-15-13(16)12(19-14(15)18)9-10-7-5-6-8-11(10)17-4-2/h5-9H,3-4H2,1-2H3/b12-9+. The number of thiocarbonyl (C=S) groups is 1. The predicted octanol–water partition coefficient (Wildman–Crippen LogP) is 3.31. The third kappa shape index (κ3) is 2.98. The average molecular weight is 293 g/mol. The van der Waals surface area contributed by atoms with Gasteiger partial charge in [0, 0.05) is 12.1 Å². The molecule has 1 fully saturated rings. The summed E-state index contributed by atoms with van der Waals surface area (Å²) >= 11 is 6.53. The minimum atomic E-state index is -0.0243. The third-order valence-corrected chi connectivity index (χ3v) is 4.07. The van der Waals surface area contributed by atoms with Crippen molar-refractivity contribution in [3.8, 4) is 5.75 Å². The second-order valence-electron chi connectivity index (χ2n) is 3.90. The lowest BCUT2D eigenvalue weighted by Crippen LogP contribution is -2.27. The lowest BCUT2D eigenvalue weighted by molar-refractivity contribution is -0.121. The molecule has 1 saturated heterocycles. The summed E-state index contributed by atoms with van der Waals surface area (Å²) in [4.78, 5) is 14.4. The Labute approximate surface area is 122 Å². The van der Waals surface area contributed by atoms with Gasteiger partial charge < -0.3 is 4.74 Å². The zero-order chi connectivity index (χ0) is 13.8. The van der Waals surface area contributed by atoms with Gasteiger partial charge in [0.2, 0.25) is 0 Å². The SMILES string of the molecule is CCOc1ccccc1/C=C1/SC(=S)N(CC)C1=O. The lowest BCUT2D eigenvalue weighted by atomic mass is 10.2. The van der Waals surface area contributed by atoms with Gasteiger partial charge in [0.25, 0.3) is 5.91 Å². The molecule has 0 saturated carbocycles. The normalized spacial score (nSPS) is 17.4. The first-order valence-corrected chi connectivity index (χ1v) is 7.37. The van der Waals surface area contributed by atoms with Crippen LogP contribution in [0.5, 0.6) is 5.75 Å². The molecule has 0 unspecified atom stereocenters. The highest BCUT2D eigenvalue weighted by molar-refractivity contribution is 8.26. The molecule has 2 rings (SSSR count). The number of carbonyl (C=O) groups is 1. The van der Waals surface area contributed by atoms with Crippen molar-refractivity contribution < 1.29 is 9.53 Å².